The van der Waals surface area contributed by atoms with Crippen LogP contribution in [0.2, 0.25) is 0 Å². The Hall–Kier alpha value is -1.93. The van der Waals surface area contributed by atoms with Gasteiger partial charge in [0.1, 0.15) is 11.5 Å². The molecule has 5 heteroatoms. The number of hydrogen-bond donors (Lipinski definition) is 2. The van der Waals surface area contributed by atoms with Crippen molar-refractivity contribution >= 4 is 12.4 Å². The molecule has 4 nitrogen and oxygen atoms in total. The van der Waals surface area contributed by atoms with Crippen molar-refractivity contribution in [2.75, 3.05) is 0 Å². The van der Waals surface area contributed by atoms with Crippen molar-refractivity contribution < 1.29 is 31.3 Å². The topological polar surface area (TPSA) is 65.2 Å². The second kappa shape index (κ2) is 8.44. The Labute approximate surface area is 163 Å². The van der Waals surface area contributed by atoms with E-state index in [1.54, 1.807) is 36.7 Å². The summed E-state index contributed by atoms with van der Waals surface area (Å²) in [5.74, 6) is 0.403. The van der Waals surface area contributed by atoms with Crippen molar-refractivity contribution in [3.05, 3.63) is 59.7 Å². The van der Waals surface area contributed by atoms with E-state index in [0.29, 0.717) is 11.1 Å². The van der Waals surface area contributed by atoms with Crippen molar-refractivity contribution in [3.8, 4) is 11.5 Å². The van der Waals surface area contributed by atoms with E-state index in [4.69, 9.17) is 0 Å². The average molecular weight is 520 g/mol. The molecule has 0 aromatic heterocycles. The Bertz CT molecular complexity index is 702. The number of phenols is 2. The molecule has 0 aliphatic rings. The monoisotopic (exact) mass is 519 g/mol. The van der Waals surface area contributed by atoms with Crippen LogP contribution in [0.4, 0.5) is 0 Å². The molecule has 0 bridgehead atoms. The number of hydrogen-bond acceptors (Lipinski definition) is 4. The molecule has 0 heterocycles. The summed E-state index contributed by atoms with van der Waals surface area (Å²) in [5.41, 5.74) is 0.337. The largest absolute Gasteiger partial charge is 0.507 e. The maximum atomic E-state index is 9.84. The van der Waals surface area contributed by atoms with Crippen molar-refractivity contribution in [3.63, 3.8) is 0 Å². The zero-order valence-electron chi connectivity index (χ0n) is 14.9. The number of nitrogens with zero attached hydrogens (tertiary/aromatic N) is 2. The molecule has 25 heavy (non-hydrogen) atoms. The van der Waals surface area contributed by atoms with Crippen LogP contribution in [0.25, 0.3) is 0 Å². The molecule has 136 valence electrons. The molecule has 0 radical (unpaired) electrons. The van der Waals surface area contributed by atoms with Crippen LogP contribution in [0.1, 0.15) is 38.8 Å². The molecule has 0 atom stereocenters. The Morgan fingerprint density at radius 2 is 1.00 bits per heavy atom. The number of aliphatic imine (C=N–C) groups is 2. The Morgan fingerprint density at radius 1 is 0.680 bits per heavy atom. The predicted molar refractivity (Wildman–Crippen MR) is 99.6 cm³/mol. The van der Waals surface area contributed by atoms with Gasteiger partial charge in [0.25, 0.3) is 0 Å². The van der Waals surface area contributed by atoms with E-state index >= 15 is 0 Å². The first kappa shape index (κ1) is 21.1. The van der Waals surface area contributed by atoms with E-state index < -0.39 is 11.1 Å². The van der Waals surface area contributed by atoms with Gasteiger partial charge in [0.15, 0.2) is 0 Å². The van der Waals surface area contributed by atoms with E-state index in [1.807, 2.05) is 52.0 Å². The summed E-state index contributed by atoms with van der Waals surface area (Å²) in [6.07, 6.45) is 3.35. The molecule has 2 rings (SSSR count). The molecule has 2 aromatic rings. The fourth-order valence-corrected chi connectivity index (χ4v) is 1.97. The van der Waals surface area contributed by atoms with Gasteiger partial charge in [0, 0.05) is 44.6 Å². The average Bonchev–Trinajstić information content (AvgIpc) is 2.53. The van der Waals surface area contributed by atoms with Crippen LogP contribution >= 0.6 is 0 Å². The van der Waals surface area contributed by atoms with Crippen LogP contribution in [0.5, 0.6) is 11.5 Å². The van der Waals surface area contributed by atoms with Crippen LogP contribution in [0.3, 0.4) is 0 Å². The van der Waals surface area contributed by atoms with Crippen molar-refractivity contribution in [1.29, 1.82) is 0 Å². The molecule has 0 fully saturated rings. The van der Waals surface area contributed by atoms with E-state index in [1.165, 1.54) is 0 Å². The maximum absolute atomic E-state index is 9.84. The zero-order valence-corrected chi connectivity index (χ0v) is 17.2. The van der Waals surface area contributed by atoms with Gasteiger partial charge in [0.05, 0.1) is 11.1 Å². The standard InChI is InChI=1S/C20H24N2O2.Pt/c1-19(2,21-13-15-9-5-7-11-17(15)23)20(3,4)22-14-16-10-6-8-12-18(16)24;/h5-14,23-24H,1-4H3;. The third kappa shape index (κ3) is 5.27. The fourth-order valence-electron chi connectivity index (χ4n) is 1.97. The third-order valence-corrected chi connectivity index (χ3v) is 4.42. The van der Waals surface area contributed by atoms with Crippen molar-refractivity contribution in [2.45, 2.75) is 38.8 Å². The summed E-state index contributed by atoms with van der Waals surface area (Å²) in [7, 11) is 0. The number of aromatic hydroxyl groups is 2. The summed E-state index contributed by atoms with van der Waals surface area (Å²) >= 11 is 0. The maximum Gasteiger partial charge on any atom is 0.124 e. The van der Waals surface area contributed by atoms with Crippen LogP contribution in [-0.4, -0.2) is 33.7 Å². The summed E-state index contributed by atoms with van der Waals surface area (Å²) in [6, 6.07) is 14.2. The Balaban J connectivity index is 0.00000312. The van der Waals surface area contributed by atoms with Gasteiger partial charge in [-0.15, -0.1) is 0 Å². The minimum atomic E-state index is -0.504. The molecule has 0 amide bonds. The molecule has 0 saturated carbocycles. The number of benzene rings is 2. The van der Waals surface area contributed by atoms with Gasteiger partial charge >= 0.3 is 0 Å². The SMILES string of the molecule is CC(C)(N=Cc1ccccc1O)C(C)(C)N=Cc1ccccc1O.[Pt]. The first-order chi connectivity index (χ1) is 11.2. The first-order valence-corrected chi connectivity index (χ1v) is 7.89. The van der Waals surface area contributed by atoms with Gasteiger partial charge in [-0.2, -0.15) is 0 Å². The second-order valence-corrected chi connectivity index (χ2v) is 6.75. The van der Waals surface area contributed by atoms with Gasteiger partial charge in [-0.3, -0.25) is 9.98 Å². The number of phenolic OH excluding ortho intramolecular Hbond substituents is 2. The van der Waals surface area contributed by atoms with Crippen LogP contribution in [0.15, 0.2) is 58.5 Å². The minimum absolute atomic E-state index is 0. The van der Waals surface area contributed by atoms with E-state index in [0.717, 1.165) is 0 Å². The van der Waals surface area contributed by atoms with Crippen molar-refractivity contribution in [1.82, 2.24) is 0 Å². The molecule has 0 aliphatic carbocycles. The summed E-state index contributed by atoms with van der Waals surface area (Å²) in [5, 5.41) is 19.7. The molecule has 0 saturated heterocycles. The molecule has 2 aromatic carbocycles. The smallest absolute Gasteiger partial charge is 0.124 e. The number of rotatable bonds is 5. The second-order valence-electron chi connectivity index (χ2n) is 6.75. The fraction of sp³-hybridized carbons (Fsp3) is 0.300. The molecule has 0 unspecified atom stereocenters. The van der Waals surface area contributed by atoms with Crippen LogP contribution in [-0.2, 0) is 21.1 Å². The minimum Gasteiger partial charge on any atom is -0.507 e. The van der Waals surface area contributed by atoms with Gasteiger partial charge in [-0.25, -0.2) is 0 Å². The van der Waals surface area contributed by atoms with Crippen LogP contribution < -0.4 is 0 Å². The summed E-state index contributed by atoms with van der Waals surface area (Å²) in [6.45, 7) is 7.97. The summed E-state index contributed by atoms with van der Waals surface area (Å²) < 4.78 is 0. The number of para-hydroxylation sites is 2. The molecular weight excluding hydrogens is 495 g/mol. The first-order valence-electron chi connectivity index (χ1n) is 7.89. The van der Waals surface area contributed by atoms with E-state index in [9.17, 15) is 10.2 Å². The summed E-state index contributed by atoms with van der Waals surface area (Å²) in [4.78, 5) is 9.26. The molecule has 2 N–H and O–H groups in total. The Morgan fingerprint density at radius 3 is 1.32 bits per heavy atom. The van der Waals surface area contributed by atoms with E-state index in [2.05, 4.69) is 9.98 Å². The van der Waals surface area contributed by atoms with Crippen LogP contribution in [0, 0.1) is 0 Å². The zero-order chi connectivity index (χ0) is 17.8. The van der Waals surface area contributed by atoms with Gasteiger partial charge in [0.2, 0.25) is 0 Å². The van der Waals surface area contributed by atoms with Gasteiger partial charge in [-0.05, 0) is 52.0 Å². The Kier molecular flexibility index (Phi) is 7.13. The molecular formula is C20H24N2O2Pt. The normalized spacial score (nSPS) is 12.5. The van der Waals surface area contributed by atoms with Gasteiger partial charge < -0.3 is 10.2 Å². The predicted octanol–water partition coefficient (Wildman–Crippen LogP) is 4.19. The van der Waals surface area contributed by atoms with Crippen molar-refractivity contribution in [2.24, 2.45) is 9.98 Å². The third-order valence-electron chi connectivity index (χ3n) is 4.42. The van der Waals surface area contributed by atoms with Gasteiger partial charge in [-0.1, -0.05) is 24.3 Å². The molecule has 0 aliphatic heterocycles. The quantitative estimate of drug-likeness (QED) is 0.582. The van der Waals surface area contributed by atoms with E-state index in [-0.39, 0.29) is 32.6 Å². The molecule has 0 spiro atoms.